The van der Waals surface area contributed by atoms with Gasteiger partial charge in [0.15, 0.2) is 16.8 Å². The number of aromatic nitrogens is 3. The minimum Gasteiger partial charge on any atom is -0.408 e. The molecule has 3 aromatic heterocycles. The second-order valence-electron chi connectivity index (χ2n) is 4.87. The van der Waals surface area contributed by atoms with Crippen molar-refractivity contribution in [1.82, 2.24) is 14.4 Å². The highest BCUT2D eigenvalue weighted by Gasteiger charge is 2.17. The van der Waals surface area contributed by atoms with Crippen LogP contribution in [0.15, 0.2) is 33.6 Å². The first-order valence-corrected chi connectivity index (χ1v) is 7.60. The van der Waals surface area contributed by atoms with Gasteiger partial charge in [-0.3, -0.25) is 14.2 Å². The number of hydrogen-bond donors (Lipinski definition) is 1. The zero-order valence-electron chi connectivity index (χ0n) is 11.6. The lowest BCUT2D eigenvalue weighted by Gasteiger charge is -2.04. The second kappa shape index (κ2) is 4.67. The number of benzene rings is 1. The fraction of sp³-hybridized carbons (Fsp3) is 0.133. The maximum atomic E-state index is 11.3. The van der Waals surface area contributed by atoms with Gasteiger partial charge in [0, 0.05) is 10.4 Å². The van der Waals surface area contributed by atoms with Crippen molar-refractivity contribution < 1.29 is 9.21 Å². The normalized spacial score (nSPS) is 11.5. The van der Waals surface area contributed by atoms with E-state index in [1.54, 1.807) is 23.6 Å². The van der Waals surface area contributed by atoms with Crippen LogP contribution in [0.25, 0.3) is 27.3 Å². The van der Waals surface area contributed by atoms with Crippen LogP contribution in [0.2, 0.25) is 0 Å². The van der Waals surface area contributed by atoms with Gasteiger partial charge < -0.3 is 4.42 Å². The van der Waals surface area contributed by atoms with Crippen LogP contribution in [0.3, 0.4) is 0 Å². The van der Waals surface area contributed by atoms with Gasteiger partial charge in [-0.1, -0.05) is 13.0 Å². The lowest BCUT2D eigenvalue weighted by Crippen LogP contribution is -1.94. The van der Waals surface area contributed by atoms with E-state index >= 15 is 0 Å². The van der Waals surface area contributed by atoms with Crippen molar-refractivity contribution in [1.29, 1.82) is 0 Å². The first-order chi connectivity index (χ1) is 10.7. The molecule has 1 aromatic carbocycles. The highest BCUT2D eigenvalue weighted by atomic mass is 32.1. The van der Waals surface area contributed by atoms with Gasteiger partial charge in [-0.15, -0.1) is 11.3 Å². The second-order valence-corrected chi connectivity index (χ2v) is 5.93. The molecule has 22 heavy (non-hydrogen) atoms. The summed E-state index contributed by atoms with van der Waals surface area (Å²) < 4.78 is 6.98. The van der Waals surface area contributed by atoms with E-state index in [9.17, 15) is 9.59 Å². The monoisotopic (exact) mass is 313 g/mol. The van der Waals surface area contributed by atoms with E-state index in [0.717, 1.165) is 33.8 Å². The molecule has 4 rings (SSSR count). The highest BCUT2D eigenvalue weighted by molar-refractivity contribution is 7.17. The molecule has 0 aliphatic rings. The molecular formula is C15H11N3O3S. The van der Waals surface area contributed by atoms with Crippen LogP contribution in [0.4, 0.5) is 0 Å². The fourth-order valence-corrected chi connectivity index (χ4v) is 3.70. The van der Waals surface area contributed by atoms with E-state index in [1.807, 2.05) is 16.5 Å². The minimum absolute atomic E-state index is 0.477. The number of aryl methyl sites for hydroxylation is 1. The van der Waals surface area contributed by atoms with Crippen LogP contribution in [0.1, 0.15) is 22.3 Å². The third kappa shape index (κ3) is 1.75. The molecule has 0 aliphatic heterocycles. The standard InChI is InChI=1S/C15H11N3O3S/c1-2-12-13(18-9(7-19)6-16-14(18)22-12)8-3-4-10-11(5-8)21-15(20)17-10/h3-7H,2H2,1H3,(H,17,20). The third-order valence-electron chi connectivity index (χ3n) is 3.60. The van der Waals surface area contributed by atoms with Gasteiger partial charge in [0.25, 0.3) is 0 Å². The summed E-state index contributed by atoms with van der Waals surface area (Å²) in [4.78, 5) is 31.4. The maximum absolute atomic E-state index is 11.3. The van der Waals surface area contributed by atoms with E-state index < -0.39 is 5.76 Å². The Bertz CT molecular complexity index is 1070. The summed E-state index contributed by atoms with van der Waals surface area (Å²) in [5.74, 6) is -0.477. The summed E-state index contributed by atoms with van der Waals surface area (Å²) in [6.45, 7) is 2.06. The van der Waals surface area contributed by atoms with Crippen LogP contribution in [0.5, 0.6) is 0 Å². The van der Waals surface area contributed by atoms with Gasteiger partial charge in [-0.25, -0.2) is 9.78 Å². The summed E-state index contributed by atoms with van der Waals surface area (Å²) in [7, 11) is 0. The summed E-state index contributed by atoms with van der Waals surface area (Å²) >= 11 is 1.56. The van der Waals surface area contributed by atoms with Gasteiger partial charge in [0.2, 0.25) is 0 Å². The zero-order valence-corrected chi connectivity index (χ0v) is 12.4. The van der Waals surface area contributed by atoms with Gasteiger partial charge in [0.05, 0.1) is 17.4 Å². The first kappa shape index (κ1) is 13.0. The fourth-order valence-electron chi connectivity index (χ4n) is 2.63. The molecule has 4 aromatic rings. The number of carbonyl (C=O) groups is 1. The molecule has 0 aliphatic carbocycles. The van der Waals surface area contributed by atoms with Gasteiger partial charge in [-0.05, 0) is 18.6 Å². The van der Waals surface area contributed by atoms with Gasteiger partial charge >= 0.3 is 5.76 Å². The molecule has 110 valence electrons. The maximum Gasteiger partial charge on any atom is 0.417 e. The number of thiazole rings is 1. The number of imidazole rings is 1. The molecule has 0 fully saturated rings. The van der Waals surface area contributed by atoms with Gasteiger partial charge in [0.1, 0.15) is 5.69 Å². The average Bonchev–Trinajstić information content (AvgIpc) is 3.16. The number of nitrogens with one attached hydrogen (secondary N) is 1. The number of aromatic amines is 1. The van der Waals surface area contributed by atoms with E-state index in [4.69, 9.17) is 4.42 Å². The van der Waals surface area contributed by atoms with Crippen molar-refractivity contribution in [2.24, 2.45) is 0 Å². The van der Waals surface area contributed by atoms with Crippen molar-refractivity contribution in [2.75, 3.05) is 0 Å². The molecule has 1 N–H and O–H groups in total. The summed E-state index contributed by atoms with van der Waals surface area (Å²) in [5.41, 5.74) is 3.47. The molecule has 0 spiro atoms. The third-order valence-corrected chi connectivity index (χ3v) is 4.79. The van der Waals surface area contributed by atoms with Crippen LogP contribution in [-0.4, -0.2) is 20.7 Å². The topological polar surface area (TPSA) is 80.4 Å². The largest absolute Gasteiger partial charge is 0.417 e. The molecule has 6 nitrogen and oxygen atoms in total. The predicted octanol–water partition coefficient (Wildman–Crippen LogP) is 2.87. The van der Waals surface area contributed by atoms with Crippen LogP contribution in [0, 0.1) is 0 Å². The van der Waals surface area contributed by atoms with Gasteiger partial charge in [-0.2, -0.15) is 0 Å². The number of oxazole rings is 1. The number of H-pyrrole nitrogens is 1. The Morgan fingerprint density at radius 2 is 2.32 bits per heavy atom. The van der Waals surface area contributed by atoms with Crippen molar-refractivity contribution in [3.8, 4) is 11.3 Å². The lowest BCUT2D eigenvalue weighted by molar-refractivity contribution is 0.111. The quantitative estimate of drug-likeness (QED) is 0.590. The first-order valence-electron chi connectivity index (χ1n) is 6.78. The summed E-state index contributed by atoms with van der Waals surface area (Å²) in [5, 5.41) is 0. The van der Waals surface area contributed by atoms with E-state index in [-0.39, 0.29) is 0 Å². The number of nitrogens with zero attached hydrogens (tertiary/aromatic N) is 2. The Hall–Kier alpha value is -2.67. The Balaban J connectivity index is 2.06. The van der Waals surface area contributed by atoms with E-state index in [0.29, 0.717) is 16.8 Å². The Kier molecular flexibility index (Phi) is 2.77. The smallest absolute Gasteiger partial charge is 0.408 e. The summed E-state index contributed by atoms with van der Waals surface area (Å²) in [6.07, 6.45) is 3.19. The number of fused-ring (bicyclic) bond motifs is 2. The number of rotatable bonds is 3. The van der Waals surface area contributed by atoms with E-state index in [1.165, 1.54) is 0 Å². The van der Waals surface area contributed by atoms with Crippen LogP contribution in [-0.2, 0) is 6.42 Å². The van der Waals surface area contributed by atoms with Crippen LogP contribution >= 0.6 is 11.3 Å². The minimum atomic E-state index is -0.477. The molecule has 0 radical (unpaired) electrons. The molecule has 0 saturated heterocycles. The molecule has 3 heterocycles. The Morgan fingerprint density at radius 1 is 1.45 bits per heavy atom. The summed E-state index contributed by atoms with van der Waals surface area (Å²) in [6, 6.07) is 5.52. The average molecular weight is 313 g/mol. The molecule has 0 amide bonds. The molecule has 0 atom stereocenters. The molecule has 0 bridgehead atoms. The molecule has 0 saturated carbocycles. The van der Waals surface area contributed by atoms with Crippen molar-refractivity contribution in [3.63, 3.8) is 0 Å². The van der Waals surface area contributed by atoms with Crippen LogP contribution < -0.4 is 5.76 Å². The lowest BCUT2D eigenvalue weighted by atomic mass is 10.1. The van der Waals surface area contributed by atoms with Crippen molar-refractivity contribution >= 4 is 33.7 Å². The molecular weight excluding hydrogens is 302 g/mol. The highest BCUT2D eigenvalue weighted by Crippen LogP contribution is 2.34. The predicted molar refractivity (Wildman–Crippen MR) is 83.7 cm³/mol. The zero-order chi connectivity index (χ0) is 15.3. The number of hydrogen-bond acceptors (Lipinski definition) is 5. The van der Waals surface area contributed by atoms with E-state index in [2.05, 4.69) is 16.9 Å². The molecule has 7 heteroatoms. The number of aldehydes is 1. The van der Waals surface area contributed by atoms with Crippen molar-refractivity contribution in [2.45, 2.75) is 13.3 Å². The SMILES string of the molecule is CCc1sc2ncc(C=O)n2c1-c1ccc2[nH]c(=O)oc2c1. The van der Waals surface area contributed by atoms with Crippen molar-refractivity contribution in [3.05, 3.63) is 45.5 Å². The molecule has 0 unspecified atom stereocenters. The Morgan fingerprint density at radius 3 is 3.09 bits per heavy atom. The Labute approximate surface area is 128 Å². The number of carbonyl (C=O) groups excluding carboxylic acids is 1.